The number of allylic oxidation sites excluding steroid dienone is 4. The summed E-state index contributed by atoms with van der Waals surface area (Å²) in [5.41, 5.74) is 5.96. The number of hydrogen-bond donors (Lipinski definition) is 0. The van der Waals surface area contributed by atoms with Gasteiger partial charge < -0.3 is 0 Å². The molecule has 0 saturated carbocycles. The van der Waals surface area contributed by atoms with Gasteiger partial charge in [-0.15, -0.1) is 0 Å². The largest absolute Gasteiger partial charge is 0.0743 e. The molecule has 1 aliphatic carbocycles. The fourth-order valence-corrected chi connectivity index (χ4v) is 11.6. The zero-order valence-electron chi connectivity index (χ0n) is 18.3. The monoisotopic (exact) mass is 390 g/mol. The highest BCUT2D eigenvalue weighted by Crippen LogP contribution is 2.58. The molecule has 3 rings (SSSR count). The standard InChI is InChI=1S/C25H34Si2/c1-25(2)23(26(3,4)5)21(19-15-11-9-12-16-19)22(24(25)27(6,7)8)20-17-13-10-14-18-20/h9-18H,1-8H3. The molecule has 0 nitrogen and oxygen atoms in total. The third-order valence-electron chi connectivity index (χ3n) is 5.62. The van der Waals surface area contributed by atoms with E-state index in [1.807, 2.05) is 0 Å². The van der Waals surface area contributed by atoms with Gasteiger partial charge in [-0.05, 0) is 22.3 Å². The van der Waals surface area contributed by atoms with Crippen LogP contribution in [0, 0.1) is 5.41 Å². The molecule has 2 heteroatoms. The van der Waals surface area contributed by atoms with E-state index in [4.69, 9.17) is 0 Å². The zero-order valence-corrected chi connectivity index (χ0v) is 20.3. The summed E-state index contributed by atoms with van der Waals surface area (Å²) >= 11 is 0. The number of benzene rings is 2. The number of rotatable bonds is 4. The Bertz CT molecular complexity index is 811. The first-order valence-electron chi connectivity index (χ1n) is 10.1. The summed E-state index contributed by atoms with van der Waals surface area (Å²) < 4.78 is 0. The van der Waals surface area contributed by atoms with Crippen molar-refractivity contribution in [2.24, 2.45) is 5.41 Å². The second-order valence-electron chi connectivity index (χ2n) is 10.4. The maximum Gasteiger partial charge on any atom is 0.0743 e. The van der Waals surface area contributed by atoms with E-state index in [-0.39, 0.29) is 5.41 Å². The lowest BCUT2D eigenvalue weighted by molar-refractivity contribution is 0.597. The molecule has 2 aromatic carbocycles. The summed E-state index contributed by atoms with van der Waals surface area (Å²) in [5, 5.41) is 3.44. The molecule has 0 unspecified atom stereocenters. The van der Waals surface area contributed by atoms with Gasteiger partial charge in [0.2, 0.25) is 0 Å². The van der Waals surface area contributed by atoms with Crippen molar-refractivity contribution in [3.63, 3.8) is 0 Å². The minimum Gasteiger partial charge on any atom is -0.0659 e. The molecular formula is C25H34Si2. The molecule has 0 saturated heterocycles. The van der Waals surface area contributed by atoms with Gasteiger partial charge in [-0.1, -0.05) is 124 Å². The zero-order chi connectivity index (χ0) is 20.0. The molecule has 0 radical (unpaired) electrons. The molecule has 27 heavy (non-hydrogen) atoms. The van der Waals surface area contributed by atoms with Crippen LogP contribution in [0.15, 0.2) is 71.1 Å². The second kappa shape index (κ2) is 6.75. The van der Waals surface area contributed by atoms with Crippen LogP contribution >= 0.6 is 0 Å². The van der Waals surface area contributed by atoms with Crippen LogP contribution in [0.3, 0.4) is 0 Å². The highest BCUT2D eigenvalue weighted by molar-refractivity contribution is 6.88. The molecule has 2 aromatic rings. The SMILES string of the molecule is CC1(C)C([Si](C)(C)C)=C(c2ccccc2)C(c2ccccc2)=C1[Si](C)(C)C. The molecule has 0 N–H and O–H groups in total. The molecule has 1 aliphatic rings. The van der Waals surface area contributed by atoms with Gasteiger partial charge in [-0.2, -0.15) is 0 Å². The Morgan fingerprint density at radius 1 is 0.519 bits per heavy atom. The van der Waals surface area contributed by atoms with Crippen molar-refractivity contribution in [3.05, 3.63) is 82.2 Å². The molecule has 0 heterocycles. The van der Waals surface area contributed by atoms with E-state index in [0.29, 0.717) is 0 Å². The average molecular weight is 391 g/mol. The third-order valence-corrected chi connectivity index (χ3v) is 10.4. The predicted molar refractivity (Wildman–Crippen MR) is 127 cm³/mol. The first-order valence-corrected chi connectivity index (χ1v) is 17.1. The van der Waals surface area contributed by atoms with Crippen molar-refractivity contribution in [2.45, 2.75) is 53.1 Å². The highest BCUT2D eigenvalue weighted by Gasteiger charge is 2.49. The van der Waals surface area contributed by atoms with Crippen LogP contribution in [0.4, 0.5) is 0 Å². The Kier molecular flexibility index (Phi) is 5.03. The van der Waals surface area contributed by atoms with E-state index in [2.05, 4.69) is 114 Å². The van der Waals surface area contributed by atoms with Crippen molar-refractivity contribution in [1.29, 1.82) is 0 Å². The van der Waals surface area contributed by atoms with Crippen LogP contribution in [0.2, 0.25) is 39.3 Å². The summed E-state index contributed by atoms with van der Waals surface area (Å²) in [6, 6.07) is 22.2. The molecule has 0 atom stereocenters. The van der Waals surface area contributed by atoms with Gasteiger partial charge in [0.05, 0.1) is 16.1 Å². The fourth-order valence-electron chi connectivity index (χ4n) is 5.41. The molecule has 0 spiro atoms. The summed E-state index contributed by atoms with van der Waals surface area (Å²) in [4.78, 5) is 0. The third kappa shape index (κ3) is 3.57. The maximum absolute atomic E-state index is 2.52. The van der Waals surface area contributed by atoms with E-state index >= 15 is 0 Å². The molecule has 0 fully saturated rings. The molecule has 0 aliphatic heterocycles. The number of hydrogen-bond acceptors (Lipinski definition) is 0. The summed E-state index contributed by atoms with van der Waals surface area (Å²) in [6.45, 7) is 20.1. The topological polar surface area (TPSA) is 0 Å². The minimum atomic E-state index is -1.54. The van der Waals surface area contributed by atoms with Crippen LogP contribution in [0.25, 0.3) is 11.1 Å². The fraction of sp³-hybridized carbons (Fsp3) is 0.360. The minimum absolute atomic E-state index is 0.130. The van der Waals surface area contributed by atoms with E-state index in [9.17, 15) is 0 Å². The van der Waals surface area contributed by atoms with Crippen molar-refractivity contribution in [3.8, 4) is 0 Å². The van der Waals surface area contributed by atoms with Crippen molar-refractivity contribution < 1.29 is 0 Å². The van der Waals surface area contributed by atoms with Crippen LogP contribution in [-0.4, -0.2) is 16.1 Å². The normalized spacial score (nSPS) is 17.6. The van der Waals surface area contributed by atoms with Gasteiger partial charge in [-0.25, -0.2) is 0 Å². The molecule has 0 aromatic heterocycles. The highest BCUT2D eigenvalue weighted by atomic mass is 28.3. The van der Waals surface area contributed by atoms with E-state index < -0.39 is 16.1 Å². The lowest BCUT2D eigenvalue weighted by atomic mass is 9.94. The molecule has 0 amide bonds. The summed E-state index contributed by atoms with van der Waals surface area (Å²) in [7, 11) is -3.08. The Balaban J connectivity index is 2.48. The van der Waals surface area contributed by atoms with Crippen LogP contribution < -0.4 is 0 Å². The van der Waals surface area contributed by atoms with Gasteiger partial charge in [0, 0.05) is 5.41 Å². The van der Waals surface area contributed by atoms with E-state index in [1.54, 1.807) is 10.4 Å². The Hall–Kier alpha value is -1.65. The van der Waals surface area contributed by atoms with Crippen LogP contribution in [0.1, 0.15) is 25.0 Å². The van der Waals surface area contributed by atoms with Gasteiger partial charge >= 0.3 is 0 Å². The summed E-state index contributed by atoms with van der Waals surface area (Å²) in [6.07, 6.45) is 0. The Labute approximate surface area is 168 Å². The quantitative estimate of drug-likeness (QED) is 0.469. The lowest BCUT2D eigenvalue weighted by Gasteiger charge is -2.39. The van der Waals surface area contributed by atoms with Crippen molar-refractivity contribution in [1.82, 2.24) is 0 Å². The molecule has 0 bridgehead atoms. The van der Waals surface area contributed by atoms with E-state index in [1.165, 1.54) is 22.3 Å². The van der Waals surface area contributed by atoms with E-state index in [0.717, 1.165) is 0 Å². The first kappa shape index (κ1) is 20.1. The van der Waals surface area contributed by atoms with Crippen molar-refractivity contribution in [2.75, 3.05) is 0 Å². The second-order valence-corrected chi connectivity index (χ2v) is 20.4. The van der Waals surface area contributed by atoms with Crippen molar-refractivity contribution >= 4 is 27.3 Å². The average Bonchev–Trinajstić information content (AvgIpc) is 2.84. The molecule has 142 valence electrons. The molecular weight excluding hydrogens is 356 g/mol. The van der Waals surface area contributed by atoms with Gasteiger partial charge in [0.25, 0.3) is 0 Å². The summed E-state index contributed by atoms with van der Waals surface area (Å²) in [5.74, 6) is 0. The first-order chi connectivity index (χ1) is 12.5. The van der Waals surface area contributed by atoms with Gasteiger partial charge in [0.15, 0.2) is 0 Å². The lowest BCUT2D eigenvalue weighted by Crippen LogP contribution is -2.40. The smallest absolute Gasteiger partial charge is 0.0659 e. The van der Waals surface area contributed by atoms with Crippen LogP contribution in [0.5, 0.6) is 0 Å². The Morgan fingerprint density at radius 3 is 1.07 bits per heavy atom. The van der Waals surface area contributed by atoms with Gasteiger partial charge in [-0.3, -0.25) is 0 Å². The van der Waals surface area contributed by atoms with Crippen LogP contribution in [-0.2, 0) is 0 Å². The Morgan fingerprint density at radius 2 is 0.815 bits per heavy atom. The van der Waals surface area contributed by atoms with Gasteiger partial charge in [0.1, 0.15) is 0 Å². The maximum atomic E-state index is 2.52. The predicted octanol–water partition coefficient (Wildman–Crippen LogP) is 7.69.